The summed E-state index contributed by atoms with van der Waals surface area (Å²) in [6, 6.07) is 3.39. The molecule has 0 aromatic heterocycles. The van der Waals surface area contributed by atoms with Gasteiger partial charge in [0.05, 0.1) is 10.6 Å². The largest absolute Gasteiger partial charge is 0.478 e. The second-order valence-corrected chi connectivity index (χ2v) is 3.72. The maximum absolute atomic E-state index is 12.5. The van der Waals surface area contributed by atoms with Crippen LogP contribution in [0.2, 0.25) is 5.02 Å². The van der Waals surface area contributed by atoms with Crippen molar-refractivity contribution >= 4 is 23.3 Å². The average Bonchev–Trinajstić information content (AvgIpc) is 2.24. The first-order valence-corrected chi connectivity index (χ1v) is 5.18. The predicted molar refractivity (Wildman–Crippen MR) is 61.7 cm³/mol. The van der Waals surface area contributed by atoms with E-state index in [1.54, 1.807) is 0 Å². The fraction of sp³-hybridized carbons (Fsp3) is 0.182. The lowest BCUT2D eigenvalue weighted by atomic mass is 10.2. The molecule has 0 spiro atoms. The minimum atomic E-state index is -4.52. The molecule has 0 saturated carbocycles. The molecule has 1 rings (SSSR count). The van der Waals surface area contributed by atoms with E-state index in [2.05, 4.69) is 5.32 Å². The number of hydrogen-bond acceptors (Lipinski definition) is 2. The summed E-state index contributed by atoms with van der Waals surface area (Å²) < 4.78 is 37.6. The summed E-state index contributed by atoms with van der Waals surface area (Å²) in [6.07, 6.45) is -2.34. The van der Waals surface area contributed by atoms with Crippen molar-refractivity contribution in [2.75, 3.05) is 11.9 Å². The van der Waals surface area contributed by atoms with Crippen molar-refractivity contribution in [3.8, 4) is 0 Å². The summed E-state index contributed by atoms with van der Waals surface area (Å²) in [5.74, 6) is -1.12. The van der Waals surface area contributed by atoms with Gasteiger partial charge >= 0.3 is 12.1 Å². The molecule has 18 heavy (non-hydrogen) atoms. The minimum absolute atomic E-state index is 0.102. The Labute approximate surface area is 106 Å². The molecule has 0 fully saturated rings. The van der Waals surface area contributed by atoms with E-state index in [9.17, 15) is 18.0 Å². The third kappa shape index (κ3) is 4.29. The van der Waals surface area contributed by atoms with Crippen LogP contribution in [0.5, 0.6) is 0 Å². The van der Waals surface area contributed by atoms with Crippen LogP contribution in [0, 0.1) is 0 Å². The minimum Gasteiger partial charge on any atom is -0.478 e. The Kier molecular flexibility index (Phi) is 4.61. The quantitative estimate of drug-likeness (QED) is 0.831. The van der Waals surface area contributed by atoms with Gasteiger partial charge in [0.25, 0.3) is 0 Å². The Hall–Kier alpha value is -1.69. The number of carbonyl (C=O) groups is 1. The molecule has 0 atom stereocenters. The number of carboxylic acid groups (broad SMARTS) is 1. The number of benzene rings is 1. The Morgan fingerprint density at radius 3 is 2.67 bits per heavy atom. The summed E-state index contributed by atoms with van der Waals surface area (Å²) in [5, 5.41) is 10.6. The SMILES string of the molecule is O=C(O)/C=C\CNc1ccc(Cl)c(C(F)(F)F)c1. The van der Waals surface area contributed by atoms with Gasteiger partial charge in [-0.1, -0.05) is 17.7 Å². The van der Waals surface area contributed by atoms with Crippen LogP contribution in [0.15, 0.2) is 30.4 Å². The molecule has 0 unspecified atom stereocenters. The van der Waals surface area contributed by atoms with Crippen LogP contribution in [0.1, 0.15) is 5.56 Å². The summed E-state index contributed by atoms with van der Waals surface area (Å²) in [5.41, 5.74) is -0.724. The number of aliphatic carboxylic acids is 1. The Morgan fingerprint density at radius 2 is 2.11 bits per heavy atom. The first-order chi connectivity index (χ1) is 8.30. The van der Waals surface area contributed by atoms with Crippen LogP contribution in [0.4, 0.5) is 18.9 Å². The molecule has 0 amide bonds. The number of nitrogens with one attached hydrogen (secondary N) is 1. The van der Waals surface area contributed by atoms with E-state index < -0.39 is 17.7 Å². The highest BCUT2D eigenvalue weighted by atomic mass is 35.5. The van der Waals surface area contributed by atoms with E-state index in [-0.39, 0.29) is 17.3 Å². The number of rotatable bonds is 4. The third-order valence-corrected chi connectivity index (χ3v) is 2.29. The van der Waals surface area contributed by atoms with Gasteiger partial charge in [0, 0.05) is 18.3 Å². The molecular weight excluding hydrogens is 271 g/mol. The van der Waals surface area contributed by atoms with Crippen molar-refractivity contribution in [3.05, 3.63) is 40.9 Å². The van der Waals surface area contributed by atoms with Crippen LogP contribution in [0.3, 0.4) is 0 Å². The fourth-order valence-electron chi connectivity index (χ4n) is 1.19. The monoisotopic (exact) mass is 279 g/mol. The van der Waals surface area contributed by atoms with Crippen molar-refractivity contribution in [1.29, 1.82) is 0 Å². The highest BCUT2D eigenvalue weighted by Gasteiger charge is 2.33. The molecule has 98 valence electrons. The zero-order valence-corrected chi connectivity index (χ0v) is 9.72. The van der Waals surface area contributed by atoms with E-state index >= 15 is 0 Å². The lowest BCUT2D eigenvalue weighted by Gasteiger charge is -2.11. The van der Waals surface area contributed by atoms with E-state index in [4.69, 9.17) is 16.7 Å². The molecule has 0 heterocycles. The zero-order chi connectivity index (χ0) is 13.8. The third-order valence-electron chi connectivity index (χ3n) is 1.96. The average molecular weight is 280 g/mol. The van der Waals surface area contributed by atoms with Gasteiger partial charge in [0.2, 0.25) is 0 Å². The molecule has 0 bridgehead atoms. The summed E-state index contributed by atoms with van der Waals surface area (Å²) in [7, 11) is 0. The Bertz CT molecular complexity index is 472. The topological polar surface area (TPSA) is 49.3 Å². The van der Waals surface area contributed by atoms with E-state index in [1.165, 1.54) is 12.1 Å². The van der Waals surface area contributed by atoms with Gasteiger partial charge in [-0.25, -0.2) is 4.79 Å². The summed E-state index contributed by atoms with van der Waals surface area (Å²) in [6.45, 7) is 0.102. The standard InChI is InChI=1S/C11H9ClF3NO2/c12-9-4-3-7(6-8(9)11(13,14)15)16-5-1-2-10(17)18/h1-4,6,16H,5H2,(H,17,18)/b2-1-. The number of alkyl halides is 3. The smallest absolute Gasteiger partial charge is 0.417 e. The molecule has 0 aliphatic heterocycles. The Balaban J connectivity index is 2.77. The van der Waals surface area contributed by atoms with Gasteiger partial charge in [0.1, 0.15) is 0 Å². The highest BCUT2D eigenvalue weighted by molar-refractivity contribution is 6.31. The van der Waals surface area contributed by atoms with Crippen molar-refractivity contribution in [2.45, 2.75) is 6.18 Å². The van der Waals surface area contributed by atoms with E-state index in [0.29, 0.717) is 0 Å². The molecule has 0 aliphatic rings. The van der Waals surface area contributed by atoms with Crippen LogP contribution in [0.25, 0.3) is 0 Å². The molecule has 0 saturated heterocycles. The van der Waals surface area contributed by atoms with Gasteiger partial charge in [-0.05, 0) is 18.2 Å². The van der Waals surface area contributed by atoms with Crippen LogP contribution in [-0.4, -0.2) is 17.6 Å². The van der Waals surface area contributed by atoms with Crippen molar-refractivity contribution in [1.82, 2.24) is 0 Å². The van der Waals surface area contributed by atoms with Crippen molar-refractivity contribution in [3.63, 3.8) is 0 Å². The molecule has 1 aromatic rings. The number of carboxylic acids is 1. The van der Waals surface area contributed by atoms with Crippen molar-refractivity contribution < 1.29 is 23.1 Å². The lowest BCUT2D eigenvalue weighted by molar-refractivity contribution is -0.137. The van der Waals surface area contributed by atoms with Crippen LogP contribution < -0.4 is 5.32 Å². The normalized spacial score (nSPS) is 11.8. The zero-order valence-electron chi connectivity index (χ0n) is 8.96. The highest BCUT2D eigenvalue weighted by Crippen LogP contribution is 2.36. The Morgan fingerprint density at radius 1 is 1.44 bits per heavy atom. The second kappa shape index (κ2) is 5.77. The molecule has 7 heteroatoms. The predicted octanol–water partition coefficient (Wildman–Crippen LogP) is 3.41. The summed E-state index contributed by atoms with van der Waals surface area (Å²) >= 11 is 5.44. The summed E-state index contributed by atoms with van der Waals surface area (Å²) in [4.78, 5) is 10.2. The van der Waals surface area contributed by atoms with Gasteiger partial charge in [0.15, 0.2) is 0 Å². The van der Waals surface area contributed by atoms with E-state index in [0.717, 1.165) is 18.2 Å². The first kappa shape index (κ1) is 14.4. The van der Waals surface area contributed by atoms with Gasteiger partial charge < -0.3 is 10.4 Å². The molecule has 1 aromatic carbocycles. The number of hydrogen-bond donors (Lipinski definition) is 2. The second-order valence-electron chi connectivity index (χ2n) is 3.31. The van der Waals surface area contributed by atoms with Crippen molar-refractivity contribution in [2.24, 2.45) is 0 Å². The van der Waals surface area contributed by atoms with Crippen LogP contribution in [-0.2, 0) is 11.0 Å². The van der Waals surface area contributed by atoms with Crippen LogP contribution >= 0.6 is 11.6 Å². The molecular formula is C11H9ClF3NO2. The van der Waals surface area contributed by atoms with Gasteiger partial charge in [-0.2, -0.15) is 13.2 Å². The van der Waals surface area contributed by atoms with Gasteiger partial charge in [-0.3, -0.25) is 0 Å². The fourth-order valence-corrected chi connectivity index (χ4v) is 1.41. The maximum atomic E-state index is 12.5. The molecule has 0 aliphatic carbocycles. The van der Waals surface area contributed by atoms with E-state index in [1.807, 2.05) is 0 Å². The number of halogens is 4. The molecule has 2 N–H and O–H groups in total. The maximum Gasteiger partial charge on any atom is 0.417 e. The molecule has 3 nitrogen and oxygen atoms in total. The lowest BCUT2D eigenvalue weighted by Crippen LogP contribution is -2.07. The first-order valence-electron chi connectivity index (χ1n) is 4.81. The van der Waals surface area contributed by atoms with Gasteiger partial charge in [-0.15, -0.1) is 0 Å². The molecule has 0 radical (unpaired) electrons. The number of anilines is 1.